The summed E-state index contributed by atoms with van der Waals surface area (Å²) in [5, 5.41) is 17.9. The van der Waals surface area contributed by atoms with Crippen molar-refractivity contribution in [3.63, 3.8) is 0 Å². The minimum Gasteiger partial charge on any atom is -0.481 e. The fraction of sp³-hybridized carbons (Fsp3) is 0.889. The molecule has 0 spiro atoms. The molecule has 0 aromatic heterocycles. The number of aliphatic hydroxyl groups is 1. The van der Waals surface area contributed by atoms with Crippen LogP contribution in [0.5, 0.6) is 0 Å². The van der Waals surface area contributed by atoms with E-state index in [0.29, 0.717) is 19.4 Å². The predicted octanol–water partition coefficient (Wildman–Crippen LogP) is 0.164. The molecule has 13 heavy (non-hydrogen) atoms. The molecule has 2 N–H and O–H groups in total. The molecular formula is C9H17NO3. The van der Waals surface area contributed by atoms with Crippen molar-refractivity contribution >= 4 is 5.97 Å². The normalized spacial score (nSPS) is 22.9. The molecule has 1 aliphatic heterocycles. The van der Waals surface area contributed by atoms with Gasteiger partial charge >= 0.3 is 5.97 Å². The standard InChI is InChI=1S/C9H17NO3/c1-7(11)6-10-4-2-8(3-5-10)9(12)13/h7-8,11H,2-6H2,1H3,(H,12,13)/t7-/m1/s1. The summed E-state index contributed by atoms with van der Waals surface area (Å²) in [4.78, 5) is 12.7. The minimum atomic E-state index is -0.684. The molecule has 0 radical (unpaired) electrons. The molecule has 1 rings (SSSR count). The SMILES string of the molecule is C[C@@H](O)CN1CCC(C(=O)O)CC1. The second-order valence-electron chi connectivity index (χ2n) is 3.76. The highest BCUT2D eigenvalue weighted by Crippen LogP contribution is 2.17. The topological polar surface area (TPSA) is 60.8 Å². The molecule has 1 atom stereocenters. The summed E-state index contributed by atoms with van der Waals surface area (Å²) in [6.45, 7) is 4.00. The minimum absolute atomic E-state index is 0.176. The number of hydrogen-bond acceptors (Lipinski definition) is 3. The van der Waals surface area contributed by atoms with Gasteiger partial charge in [-0.3, -0.25) is 4.79 Å². The lowest BCUT2D eigenvalue weighted by Crippen LogP contribution is -2.39. The fourth-order valence-electron chi connectivity index (χ4n) is 1.74. The molecule has 0 bridgehead atoms. The number of rotatable bonds is 3. The molecular weight excluding hydrogens is 170 g/mol. The molecule has 4 heteroatoms. The number of hydrogen-bond donors (Lipinski definition) is 2. The molecule has 1 fully saturated rings. The van der Waals surface area contributed by atoms with Crippen LogP contribution in [-0.2, 0) is 4.79 Å². The van der Waals surface area contributed by atoms with E-state index in [0.717, 1.165) is 13.1 Å². The summed E-state index contributed by atoms with van der Waals surface area (Å²) in [5.41, 5.74) is 0. The summed E-state index contributed by atoms with van der Waals surface area (Å²) < 4.78 is 0. The van der Waals surface area contributed by atoms with Gasteiger partial charge in [0.1, 0.15) is 0 Å². The third-order valence-corrected chi connectivity index (χ3v) is 2.46. The van der Waals surface area contributed by atoms with E-state index in [1.165, 1.54) is 0 Å². The van der Waals surface area contributed by atoms with Crippen molar-refractivity contribution in [2.24, 2.45) is 5.92 Å². The van der Waals surface area contributed by atoms with Crippen molar-refractivity contribution in [2.45, 2.75) is 25.9 Å². The molecule has 0 unspecified atom stereocenters. The number of β-amino-alcohol motifs (C(OH)–C–C–N with tert-alkyl or cyclic N) is 1. The zero-order chi connectivity index (χ0) is 9.84. The maximum Gasteiger partial charge on any atom is 0.306 e. The highest BCUT2D eigenvalue weighted by atomic mass is 16.4. The summed E-state index contributed by atoms with van der Waals surface area (Å²) in [7, 11) is 0. The smallest absolute Gasteiger partial charge is 0.306 e. The number of carboxylic acids is 1. The van der Waals surface area contributed by atoms with Crippen LogP contribution >= 0.6 is 0 Å². The van der Waals surface area contributed by atoms with Gasteiger partial charge in [-0.05, 0) is 32.9 Å². The number of aliphatic carboxylic acids is 1. The largest absolute Gasteiger partial charge is 0.481 e. The molecule has 0 aromatic rings. The first-order valence-electron chi connectivity index (χ1n) is 4.73. The lowest BCUT2D eigenvalue weighted by atomic mass is 9.97. The monoisotopic (exact) mass is 187 g/mol. The Morgan fingerprint density at radius 2 is 2.08 bits per heavy atom. The van der Waals surface area contributed by atoms with Gasteiger partial charge in [-0.25, -0.2) is 0 Å². The van der Waals surface area contributed by atoms with Crippen molar-refractivity contribution in [1.82, 2.24) is 4.90 Å². The molecule has 76 valence electrons. The Labute approximate surface area is 78.2 Å². The fourth-order valence-corrected chi connectivity index (χ4v) is 1.74. The van der Waals surface area contributed by atoms with Crippen LogP contribution in [0.25, 0.3) is 0 Å². The van der Waals surface area contributed by atoms with Crippen LogP contribution in [0.3, 0.4) is 0 Å². The van der Waals surface area contributed by atoms with Gasteiger partial charge in [0, 0.05) is 6.54 Å². The van der Waals surface area contributed by atoms with E-state index in [-0.39, 0.29) is 12.0 Å². The highest BCUT2D eigenvalue weighted by Gasteiger charge is 2.24. The Balaban J connectivity index is 2.26. The second-order valence-corrected chi connectivity index (χ2v) is 3.76. The Bertz CT molecular complexity index is 174. The van der Waals surface area contributed by atoms with Gasteiger partial charge in [0.05, 0.1) is 12.0 Å². The molecule has 4 nitrogen and oxygen atoms in total. The van der Waals surface area contributed by atoms with Crippen molar-refractivity contribution < 1.29 is 15.0 Å². The second kappa shape index (κ2) is 4.58. The van der Waals surface area contributed by atoms with Crippen LogP contribution in [0.1, 0.15) is 19.8 Å². The lowest BCUT2D eigenvalue weighted by molar-refractivity contribution is -0.143. The van der Waals surface area contributed by atoms with Gasteiger partial charge in [0.2, 0.25) is 0 Å². The van der Waals surface area contributed by atoms with E-state index in [1.807, 2.05) is 0 Å². The maximum atomic E-state index is 10.6. The maximum absolute atomic E-state index is 10.6. The van der Waals surface area contributed by atoms with Gasteiger partial charge in [-0.2, -0.15) is 0 Å². The summed E-state index contributed by atoms with van der Waals surface area (Å²) in [5.74, 6) is -0.859. The third kappa shape index (κ3) is 3.32. The van der Waals surface area contributed by atoms with E-state index >= 15 is 0 Å². The molecule has 1 aliphatic rings. The Morgan fingerprint density at radius 3 is 2.46 bits per heavy atom. The molecule has 1 heterocycles. The number of carbonyl (C=O) groups is 1. The van der Waals surface area contributed by atoms with Crippen molar-refractivity contribution in [3.8, 4) is 0 Å². The van der Waals surface area contributed by atoms with E-state index < -0.39 is 5.97 Å². The first-order chi connectivity index (χ1) is 6.09. The van der Waals surface area contributed by atoms with Gasteiger partial charge in [-0.15, -0.1) is 0 Å². The van der Waals surface area contributed by atoms with E-state index in [1.54, 1.807) is 6.92 Å². The van der Waals surface area contributed by atoms with Gasteiger partial charge in [0.25, 0.3) is 0 Å². The quantitative estimate of drug-likeness (QED) is 0.661. The third-order valence-electron chi connectivity index (χ3n) is 2.46. The van der Waals surface area contributed by atoms with Gasteiger partial charge in [-0.1, -0.05) is 0 Å². The number of nitrogens with zero attached hydrogens (tertiary/aromatic N) is 1. The van der Waals surface area contributed by atoms with E-state index in [9.17, 15) is 4.79 Å². The van der Waals surface area contributed by atoms with E-state index in [4.69, 9.17) is 10.2 Å². The van der Waals surface area contributed by atoms with Crippen LogP contribution < -0.4 is 0 Å². The lowest BCUT2D eigenvalue weighted by Gasteiger charge is -2.30. The molecule has 1 saturated heterocycles. The highest BCUT2D eigenvalue weighted by molar-refractivity contribution is 5.70. The Kier molecular flexibility index (Phi) is 3.69. The number of piperidine rings is 1. The average Bonchev–Trinajstić information content (AvgIpc) is 2.04. The summed E-state index contributed by atoms with van der Waals surface area (Å²) >= 11 is 0. The van der Waals surface area contributed by atoms with Crippen molar-refractivity contribution in [3.05, 3.63) is 0 Å². The first-order valence-corrected chi connectivity index (χ1v) is 4.73. The Morgan fingerprint density at radius 1 is 1.54 bits per heavy atom. The molecule has 0 amide bonds. The number of carboxylic acid groups (broad SMARTS) is 1. The number of likely N-dealkylation sites (tertiary alicyclic amines) is 1. The van der Waals surface area contributed by atoms with E-state index in [2.05, 4.69) is 4.90 Å². The summed E-state index contributed by atoms with van der Waals surface area (Å²) in [6.07, 6.45) is 1.10. The van der Waals surface area contributed by atoms with Crippen LogP contribution in [0.15, 0.2) is 0 Å². The Hall–Kier alpha value is -0.610. The average molecular weight is 187 g/mol. The van der Waals surface area contributed by atoms with Crippen LogP contribution in [0.4, 0.5) is 0 Å². The first kappa shape index (κ1) is 10.5. The molecule has 0 aliphatic carbocycles. The summed E-state index contributed by atoms with van der Waals surface area (Å²) in [6, 6.07) is 0. The zero-order valence-corrected chi connectivity index (χ0v) is 7.94. The van der Waals surface area contributed by atoms with Crippen LogP contribution in [0, 0.1) is 5.92 Å². The van der Waals surface area contributed by atoms with Crippen LogP contribution in [-0.4, -0.2) is 46.8 Å². The predicted molar refractivity (Wildman–Crippen MR) is 48.5 cm³/mol. The van der Waals surface area contributed by atoms with Gasteiger partial charge < -0.3 is 15.1 Å². The van der Waals surface area contributed by atoms with Gasteiger partial charge in [0.15, 0.2) is 0 Å². The van der Waals surface area contributed by atoms with Crippen molar-refractivity contribution in [2.75, 3.05) is 19.6 Å². The van der Waals surface area contributed by atoms with Crippen molar-refractivity contribution in [1.29, 1.82) is 0 Å². The zero-order valence-electron chi connectivity index (χ0n) is 7.94. The molecule has 0 saturated carbocycles. The van der Waals surface area contributed by atoms with Crippen LogP contribution in [0.2, 0.25) is 0 Å². The molecule has 0 aromatic carbocycles. The number of aliphatic hydroxyl groups excluding tert-OH is 1.